The molecule has 0 N–H and O–H groups in total. The zero-order chi connectivity index (χ0) is 21.8. The lowest BCUT2D eigenvalue weighted by Gasteiger charge is -2.13. The van der Waals surface area contributed by atoms with Gasteiger partial charge in [0.2, 0.25) is 0 Å². The minimum atomic E-state index is -0.438. The molecule has 0 atom stereocenters. The summed E-state index contributed by atoms with van der Waals surface area (Å²) in [5.74, 6) is -0.339. The third kappa shape index (κ3) is 4.45. The number of carbonyl (C=O) groups excluding carboxylic acids is 2. The van der Waals surface area contributed by atoms with E-state index in [2.05, 4.69) is 33.2 Å². The molecule has 0 saturated carbocycles. The first kappa shape index (κ1) is 22.1. The molecular weight excluding hydrogens is 497 g/mol. The number of hydrogen-bond donors (Lipinski definition) is 0. The summed E-state index contributed by atoms with van der Waals surface area (Å²) in [4.78, 5) is 24.4. The molecule has 0 amide bonds. The Bertz CT molecular complexity index is 1100. The van der Waals surface area contributed by atoms with Gasteiger partial charge in [-0.2, -0.15) is 0 Å². The van der Waals surface area contributed by atoms with E-state index >= 15 is 0 Å². The Balaban J connectivity index is 2.14. The van der Waals surface area contributed by atoms with Crippen molar-refractivity contribution >= 4 is 45.4 Å². The van der Waals surface area contributed by atoms with E-state index in [-0.39, 0.29) is 19.2 Å². The number of hydrogen-bond acceptors (Lipinski definition) is 5. The molecule has 0 saturated heterocycles. The van der Waals surface area contributed by atoms with Crippen LogP contribution in [0, 0.1) is 17.4 Å². The van der Waals surface area contributed by atoms with Gasteiger partial charge in [-0.15, -0.1) is 0 Å². The van der Waals surface area contributed by atoms with Crippen LogP contribution in [-0.2, 0) is 14.3 Å². The summed E-state index contributed by atoms with van der Waals surface area (Å²) < 4.78 is 19.0. The van der Waals surface area contributed by atoms with E-state index < -0.39 is 5.97 Å². The Morgan fingerprint density at radius 3 is 2.40 bits per heavy atom. The first-order chi connectivity index (χ1) is 14.4. The minimum absolute atomic E-state index is 0.190. The van der Waals surface area contributed by atoms with Crippen molar-refractivity contribution in [3.63, 3.8) is 0 Å². The van der Waals surface area contributed by atoms with Crippen LogP contribution in [0.25, 0.3) is 16.6 Å². The zero-order valence-electron chi connectivity index (χ0n) is 17.5. The summed E-state index contributed by atoms with van der Waals surface area (Å²) in [6, 6.07) is 11.6. The van der Waals surface area contributed by atoms with E-state index in [0.29, 0.717) is 23.3 Å². The highest BCUT2D eigenvalue weighted by molar-refractivity contribution is 14.1. The molecule has 1 heterocycles. The van der Waals surface area contributed by atoms with Gasteiger partial charge in [0.05, 0.1) is 24.3 Å². The van der Waals surface area contributed by atoms with Crippen LogP contribution in [0.1, 0.15) is 35.5 Å². The van der Waals surface area contributed by atoms with Crippen molar-refractivity contribution in [1.29, 1.82) is 0 Å². The molecule has 6 nitrogen and oxygen atoms in total. The summed E-state index contributed by atoms with van der Waals surface area (Å²) in [5.41, 5.74) is 4.23. The van der Waals surface area contributed by atoms with Crippen LogP contribution in [0.4, 0.5) is 0 Å². The number of aryl methyl sites for hydroxylation is 1. The van der Waals surface area contributed by atoms with Gasteiger partial charge in [-0.1, -0.05) is 0 Å². The van der Waals surface area contributed by atoms with Crippen LogP contribution in [0.2, 0.25) is 0 Å². The maximum atomic E-state index is 12.8. The second kappa shape index (κ2) is 9.51. The minimum Gasteiger partial charge on any atom is -0.482 e. The average Bonchev–Trinajstić information content (AvgIpc) is 2.98. The lowest BCUT2D eigenvalue weighted by molar-refractivity contribution is -0.145. The Morgan fingerprint density at radius 2 is 1.73 bits per heavy atom. The second-order valence-electron chi connectivity index (χ2n) is 6.72. The first-order valence-corrected chi connectivity index (χ1v) is 10.8. The predicted molar refractivity (Wildman–Crippen MR) is 124 cm³/mol. The number of aromatic nitrogens is 1. The summed E-state index contributed by atoms with van der Waals surface area (Å²) in [6.45, 7) is 7.87. The van der Waals surface area contributed by atoms with Crippen LogP contribution < -0.4 is 4.74 Å². The van der Waals surface area contributed by atoms with Crippen LogP contribution in [0.5, 0.6) is 5.75 Å². The fraction of sp³-hybridized carbons (Fsp3) is 0.304. The largest absolute Gasteiger partial charge is 0.482 e. The second-order valence-corrected chi connectivity index (χ2v) is 7.97. The summed E-state index contributed by atoms with van der Waals surface area (Å²) >= 11 is 2.28. The van der Waals surface area contributed by atoms with Crippen molar-refractivity contribution in [2.45, 2.75) is 27.7 Å². The zero-order valence-corrected chi connectivity index (χ0v) is 19.6. The molecule has 3 rings (SSSR count). The molecule has 0 aliphatic rings. The van der Waals surface area contributed by atoms with Crippen molar-refractivity contribution in [3.8, 4) is 11.4 Å². The van der Waals surface area contributed by atoms with E-state index in [1.807, 2.05) is 32.0 Å². The molecule has 7 heteroatoms. The number of benzene rings is 2. The quantitative estimate of drug-likeness (QED) is 0.325. The Morgan fingerprint density at radius 1 is 1.00 bits per heavy atom. The number of rotatable bonds is 7. The number of ether oxygens (including phenoxy) is 3. The van der Waals surface area contributed by atoms with E-state index in [9.17, 15) is 9.59 Å². The average molecular weight is 521 g/mol. The van der Waals surface area contributed by atoms with Gasteiger partial charge < -0.3 is 18.8 Å². The molecule has 0 fully saturated rings. The number of esters is 2. The Hall–Kier alpha value is -2.55. The number of halogens is 1. The molecule has 0 aliphatic heterocycles. The van der Waals surface area contributed by atoms with E-state index in [1.54, 1.807) is 26.0 Å². The molecule has 1 aromatic heterocycles. The Labute approximate surface area is 189 Å². The molecule has 0 aliphatic carbocycles. The maximum absolute atomic E-state index is 12.8. The normalized spacial score (nSPS) is 10.8. The predicted octanol–water partition coefficient (Wildman–Crippen LogP) is 4.97. The van der Waals surface area contributed by atoms with E-state index in [0.717, 1.165) is 26.0 Å². The molecule has 0 spiro atoms. The molecule has 158 valence electrons. The van der Waals surface area contributed by atoms with E-state index in [1.165, 1.54) is 0 Å². The van der Waals surface area contributed by atoms with Gasteiger partial charge >= 0.3 is 11.9 Å². The van der Waals surface area contributed by atoms with Crippen molar-refractivity contribution in [2.24, 2.45) is 0 Å². The van der Waals surface area contributed by atoms with Crippen LogP contribution in [-0.4, -0.2) is 36.3 Å². The highest BCUT2D eigenvalue weighted by Gasteiger charge is 2.23. The van der Waals surface area contributed by atoms with Gasteiger partial charge in [-0.25, -0.2) is 9.59 Å². The van der Waals surface area contributed by atoms with Crippen molar-refractivity contribution in [3.05, 3.63) is 56.8 Å². The molecular formula is C23H24INO5. The standard InChI is InChI=1S/C23H24INO5/c1-5-28-21(26)13-30-17-8-10-20-18(12-17)22(23(27)29-6-2)15(4)25(20)19-9-7-16(24)11-14(19)3/h7-12H,5-6,13H2,1-4H3. The summed E-state index contributed by atoms with van der Waals surface area (Å²) in [7, 11) is 0. The SMILES string of the molecule is CCOC(=O)COc1ccc2c(c1)c(C(=O)OCC)c(C)n2-c1ccc(I)cc1C. The molecule has 3 aromatic rings. The number of nitrogens with zero attached hydrogens (tertiary/aromatic N) is 1. The van der Waals surface area contributed by atoms with Gasteiger partial charge in [-0.05, 0) is 92.2 Å². The first-order valence-electron chi connectivity index (χ1n) is 9.74. The molecule has 0 radical (unpaired) electrons. The van der Waals surface area contributed by atoms with Crippen LogP contribution in [0.3, 0.4) is 0 Å². The summed E-state index contributed by atoms with van der Waals surface area (Å²) in [6.07, 6.45) is 0. The number of carbonyl (C=O) groups is 2. The lowest BCUT2D eigenvalue weighted by atomic mass is 10.1. The number of fused-ring (bicyclic) bond motifs is 1. The fourth-order valence-corrected chi connectivity index (χ4v) is 4.12. The molecule has 0 bridgehead atoms. The smallest absolute Gasteiger partial charge is 0.344 e. The third-order valence-corrected chi connectivity index (χ3v) is 5.39. The van der Waals surface area contributed by atoms with Gasteiger partial charge in [-0.3, -0.25) is 0 Å². The van der Waals surface area contributed by atoms with Crippen LogP contribution >= 0.6 is 22.6 Å². The highest BCUT2D eigenvalue weighted by Crippen LogP contribution is 2.33. The lowest BCUT2D eigenvalue weighted by Crippen LogP contribution is -2.14. The Kier molecular flexibility index (Phi) is 7.02. The highest BCUT2D eigenvalue weighted by atomic mass is 127. The molecule has 2 aromatic carbocycles. The van der Waals surface area contributed by atoms with Gasteiger partial charge in [0, 0.05) is 20.3 Å². The topological polar surface area (TPSA) is 66.8 Å². The maximum Gasteiger partial charge on any atom is 0.344 e. The molecule has 30 heavy (non-hydrogen) atoms. The monoisotopic (exact) mass is 521 g/mol. The van der Waals surface area contributed by atoms with Crippen LogP contribution in [0.15, 0.2) is 36.4 Å². The van der Waals surface area contributed by atoms with Gasteiger partial charge in [0.25, 0.3) is 0 Å². The van der Waals surface area contributed by atoms with Gasteiger partial charge in [0.15, 0.2) is 6.61 Å². The van der Waals surface area contributed by atoms with Crippen molar-refractivity contribution < 1.29 is 23.8 Å². The van der Waals surface area contributed by atoms with E-state index in [4.69, 9.17) is 14.2 Å². The van der Waals surface area contributed by atoms with Gasteiger partial charge in [0.1, 0.15) is 5.75 Å². The van der Waals surface area contributed by atoms with Crippen molar-refractivity contribution in [2.75, 3.05) is 19.8 Å². The third-order valence-electron chi connectivity index (χ3n) is 4.72. The molecule has 0 unspecified atom stereocenters. The van der Waals surface area contributed by atoms with Crippen molar-refractivity contribution in [1.82, 2.24) is 4.57 Å². The fourth-order valence-electron chi connectivity index (χ4n) is 3.47. The summed E-state index contributed by atoms with van der Waals surface area (Å²) in [5, 5.41) is 0.713.